The van der Waals surface area contributed by atoms with Crippen LogP contribution in [0.15, 0.2) is 24.3 Å². The zero-order chi connectivity index (χ0) is 14.9. The van der Waals surface area contributed by atoms with Crippen LogP contribution >= 0.6 is 12.4 Å². The first-order valence-corrected chi connectivity index (χ1v) is 7.27. The number of carbonyl (C=O) groups excluding carboxylic acids is 2. The number of urea groups is 1. The van der Waals surface area contributed by atoms with Crippen LogP contribution in [0.2, 0.25) is 0 Å². The van der Waals surface area contributed by atoms with Crippen LogP contribution in [-0.2, 0) is 4.79 Å². The van der Waals surface area contributed by atoms with Gasteiger partial charge in [0.2, 0.25) is 5.91 Å². The second-order valence-corrected chi connectivity index (χ2v) is 5.93. The number of carbonyl (C=O) groups is 2. The molecule has 22 heavy (non-hydrogen) atoms. The second kappa shape index (κ2) is 6.54. The number of anilines is 2. The van der Waals surface area contributed by atoms with Crippen LogP contribution in [0.4, 0.5) is 16.2 Å². The number of primary amides is 1. The molecule has 1 spiro atoms. The van der Waals surface area contributed by atoms with Gasteiger partial charge in [0.05, 0.1) is 0 Å². The number of amides is 3. The molecule has 5 N–H and O–H groups in total. The van der Waals surface area contributed by atoms with Gasteiger partial charge < -0.3 is 21.7 Å². The van der Waals surface area contributed by atoms with Crippen LogP contribution in [0.3, 0.4) is 0 Å². The van der Waals surface area contributed by atoms with Crippen LogP contribution in [0, 0.1) is 11.3 Å². The summed E-state index contributed by atoms with van der Waals surface area (Å²) in [5, 5.41) is 8.77. The summed E-state index contributed by atoms with van der Waals surface area (Å²) in [5.41, 5.74) is 6.56. The van der Waals surface area contributed by atoms with E-state index in [4.69, 9.17) is 5.73 Å². The number of nitrogens with one attached hydrogen (secondary N) is 3. The summed E-state index contributed by atoms with van der Waals surface area (Å²) in [6.07, 6.45) is 3.14. The molecule has 3 amide bonds. The molecule has 0 bridgehead atoms. The molecule has 3 rings (SSSR count). The molecule has 6 nitrogen and oxygen atoms in total. The minimum absolute atomic E-state index is 0. The van der Waals surface area contributed by atoms with Crippen molar-refractivity contribution < 1.29 is 9.59 Å². The third kappa shape index (κ3) is 3.51. The van der Waals surface area contributed by atoms with Gasteiger partial charge in [-0.3, -0.25) is 4.79 Å². The predicted molar refractivity (Wildman–Crippen MR) is 88.2 cm³/mol. The smallest absolute Gasteiger partial charge is 0.316 e. The Morgan fingerprint density at radius 1 is 1.18 bits per heavy atom. The van der Waals surface area contributed by atoms with Crippen LogP contribution in [0.1, 0.15) is 19.3 Å². The molecule has 1 saturated heterocycles. The van der Waals surface area contributed by atoms with Crippen LogP contribution < -0.4 is 21.7 Å². The van der Waals surface area contributed by atoms with Crippen LogP contribution in [0.25, 0.3) is 0 Å². The van der Waals surface area contributed by atoms with E-state index in [1.807, 2.05) is 6.07 Å². The van der Waals surface area contributed by atoms with E-state index < -0.39 is 6.03 Å². The quantitative estimate of drug-likeness (QED) is 0.684. The largest absolute Gasteiger partial charge is 0.351 e. The maximum absolute atomic E-state index is 12.3. The highest BCUT2D eigenvalue weighted by Gasteiger charge is 2.57. The Morgan fingerprint density at radius 3 is 2.45 bits per heavy atom. The van der Waals surface area contributed by atoms with Crippen molar-refractivity contribution in [2.24, 2.45) is 17.1 Å². The number of benzene rings is 1. The number of halogens is 1. The third-order valence-corrected chi connectivity index (χ3v) is 4.50. The van der Waals surface area contributed by atoms with Crippen molar-refractivity contribution in [1.82, 2.24) is 5.32 Å². The standard InChI is InChI=1S/C15H20N4O2.ClH/c16-14(21)19-11-3-1-2-10(8-11)18-13(20)12-9-15(12)4-6-17-7-5-15;/h1-3,8,12,17H,4-7,9H2,(H,18,20)(H3,16,19,21);1H. The van der Waals surface area contributed by atoms with E-state index in [0.717, 1.165) is 32.4 Å². The van der Waals surface area contributed by atoms with Gasteiger partial charge in [-0.1, -0.05) is 6.07 Å². The summed E-state index contributed by atoms with van der Waals surface area (Å²) in [5.74, 6) is 0.195. The summed E-state index contributed by atoms with van der Waals surface area (Å²) >= 11 is 0. The number of hydrogen-bond acceptors (Lipinski definition) is 3. The highest BCUT2D eigenvalue weighted by molar-refractivity contribution is 5.96. The van der Waals surface area contributed by atoms with E-state index >= 15 is 0 Å². The molecule has 0 aromatic heterocycles. The summed E-state index contributed by atoms with van der Waals surface area (Å²) in [6.45, 7) is 2.00. The van der Waals surface area contributed by atoms with E-state index in [0.29, 0.717) is 11.4 Å². The Balaban J connectivity index is 0.00000176. The highest BCUT2D eigenvalue weighted by atomic mass is 35.5. The minimum atomic E-state index is -0.616. The minimum Gasteiger partial charge on any atom is -0.351 e. The molecule has 1 heterocycles. The van der Waals surface area contributed by atoms with Gasteiger partial charge in [-0.25, -0.2) is 4.79 Å². The van der Waals surface area contributed by atoms with Gasteiger partial charge >= 0.3 is 6.03 Å². The molecule has 120 valence electrons. The number of nitrogens with two attached hydrogens (primary N) is 1. The summed E-state index contributed by atoms with van der Waals surface area (Å²) in [6, 6.07) is 6.40. The van der Waals surface area contributed by atoms with Gasteiger partial charge in [0, 0.05) is 17.3 Å². The second-order valence-electron chi connectivity index (χ2n) is 5.93. The Hall–Kier alpha value is -1.79. The maximum atomic E-state index is 12.3. The van der Waals surface area contributed by atoms with Crippen molar-refractivity contribution in [2.45, 2.75) is 19.3 Å². The average molecular weight is 325 g/mol. The first kappa shape index (κ1) is 16.6. The molecule has 0 radical (unpaired) electrons. The van der Waals surface area contributed by atoms with Gasteiger partial charge in [0.15, 0.2) is 0 Å². The topological polar surface area (TPSA) is 96.2 Å². The lowest BCUT2D eigenvalue weighted by Crippen LogP contribution is -2.31. The maximum Gasteiger partial charge on any atom is 0.316 e. The Bertz CT molecular complexity index is 572. The van der Waals surface area contributed by atoms with Crippen LogP contribution in [-0.4, -0.2) is 25.0 Å². The van der Waals surface area contributed by atoms with Crippen molar-refractivity contribution in [3.63, 3.8) is 0 Å². The summed E-state index contributed by atoms with van der Waals surface area (Å²) in [7, 11) is 0. The fourth-order valence-electron chi connectivity index (χ4n) is 3.24. The first-order valence-electron chi connectivity index (χ1n) is 7.27. The van der Waals surface area contributed by atoms with Crippen molar-refractivity contribution >= 4 is 35.7 Å². The van der Waals surface area contributed by atoms with Gasteiger partial charge in [0.1, 0.15) is 0 Å². The van der Waals surface area contributed by atoms with E-state index in [1.54, 1.807) is 18.2 Å². The molecule has 1 aliphatic carbocycles. The molecule has 1 aromatic rings. The number of rotatable bonds is 3. The zero-order valence-corrected chi connectivity index (χ0v) is 13.0. The normalized spacial score (nSPS) is 21.5. The van der Waals surface area contributed by atoms with Gasteiger partial charge in [0.25, 0.3) is 0 Å². The molecular weight excluding hydrogens is 304 g/mol. The first-order chi connectivity index (χ1) is 10.1. The SMILES string of the molecule is Cl.NC(=O)Nc1cccc(NC(=O)C2CC23CCNCC3)c1. The molecule has 7 heteroatoms. The van der Waals surface area contributed by atoms with Gasteiger partial charge in [-0.2, -0.15) is 0 Å². The summed E-state index contributed by atoms with van der Waals surface area (Å²) < 4.78 is 0. The fourth-order valence-corrected chi connectivity index (χ4v) is 3.24. The highest BCUT2D eigenvalue weighted by Crippen LogP contribution is 2.58. The molecule has 1 aliphatic heterocycles. The van der Waals surface area contributed by atoms with Gasteiger partial charge in [-0.05, 0) is 56.0 Å². The number of hydrogen-bond donors (Lipinski definition) is 4. The van der Waals surface area contributed by atoms with Gasteiger partial charge in [-0.15, -0.1) is 12.4 Å². The molecule has 1 aromatic carbocycles. The van der Waals surface area contributed by atoms with E-state index in [9.17, 15) is 9.59 Å². The third-order valence-electron chi connectivity index (χ3n) is 4.50. The number of piperidine rings is 1. The van der Waals surface area contributed by atoms with E-state index in [-0.39, 0.29) is 29.6 Å². The average Bonchev–Trinajstić information content (AvgIpc) is 3.13. The van der Waals surface area contributed by atoms with Crippen molar-refractivity contribution in [1.29, 1.82) is 0 Å². The molecule has 1 atom stereocenters. The lowest BCUT2D eigenvalue weighted by Gasteiger charge is -2.23. The lowest BCUT2D eigenvalue weighted by molar-refractivity contribution is -0.118. The Kier molecular flexibility index (Phi) is 4.93. The predicted octanol–water partition coefficient (Wildman–Crippen LogP) is 1.93. The molecule has 2 fully saturated rings. The molecular formula is C15H21ClN4O2. The monoisotopic (exact) mass is 324 g/mol. The fraction of sp³-hybridized carbons (Fsp3) is 0.467. The van der Waals surface area contributed by atoms with Crippen molar-refractivity contribution in [3.05, 3.63) is 24.3 Å². The Labute approximate surface area is 135 Å². The molecule has 1 saturated carbocycles. The van der Waals surface area contributed by atoms with Crippen LogP contribution in [0.5, 0.6) is 0 Å². The van der Waals surface area contributed by atoms with E-state index in [1.165, 1.54) is 0 Å². The van der Waals surface area contributed by atoms with E-state index in [2.05, 4.69) is 16.0 Å². The molecule has 1 unspecified atom stereocenters. The zero-order valence-electron chi connectivity index (χ0n) is 12.2. The molecule has 2 aliphatic rings. The van der Waals surface area contributed by atoms with Crippen molar-refractivity contribution in [3.8, 4) is 0 Å². The lowest BCUT2D eigenvalue weighted by atomic mass is 9.92. The Morgan fingerprint density at radius 2 is 1.82 bits per heavy atom. The summed E-state index contributed by atoms with van der Waals surface area (Å²) in [4.78, 5) is 23.2. The van der Waals surface area contributed by atoms with Crippen molar-refractivity contribution in [2.75, 3.05) is 23.7 Å².